The molecule has 2 N–H and O–H groups in total. The van der Waals surface area contributed by atoms with Crippen molar-refractivity contribution in [3.05, 3.63) is 40.3 Å². The lowest BCUT2D eigenvalue weighted by Crippen LogP contribution is -2.16. The number of aromatic amines is 1. The van der Waals surface area contributed by atoms with Gasteiger partial charge in [-0.15, -0.1) is 5.11 Å². The third kappa shape index (κ3) is 3.73. The number of nitriles is 2. The van der Waals surface area contributed by atoms with Crippen molar-refractivity contribution in [1.82, 2.24) is 9.78 Å². The van der Waals surface area contributed by atoms with Gasteiger partial charge in [0.2, 0.25) is 0 Å². The van der Waals surface area contributed by atoms with E-state index in [9.17, 15) is 13.2 Å². The first-order valence-electron chi connectivity index (χ1n) is 6.46. The molecule has 11 heteroatoms. The molecule has 0 fully saturated rings. The smallest absolute Gasteiger partial charge is 0.284 e. The van der Waals surface area contributed by atoms with E-state index in [0.717, 1.165) is 16.8 Å². The minimum absolute atomic E-state index is 0.0823. The Morgan fingerprint density at radius 1 is 1.21 bits per heavy atom. The van der Waals surface area contributed by atoms with E-state index < -0.39 is 15.7 Å². The van der Waals surface area contributed by atoms with Gasteiger partial charge in [0.15, 0.2) is 11.4 Å². The Morgan fingerprint density at radius 3 is 2.42 bits per heavy atom. The highest BCUT2D eigenvalue weighted by molar-refractivity contribution is 7.85. The molecule has 24 heavy (non-hydrogen) atoms. The van der Waals surface area contributed by atoms with Crippen LogP contribution in [0.1, 0.15) is 12.1 Å². The molecule has 2 aromatic rings. The summed E-state index contributed by atoms with van der Waals surface area (Å²) in [5, 5.41) is 27.5. The van der Waals surface area contributed by atoms with Crippen LogP contribution in [0, 0.1) is 22.7 Å². The van der Waals surface area contributed by atoms with Crippen LogP contribution in [0.5, 0.6) is 0 Å². The lowest BCUT2D eigenvalue weighted by molar-refractivity contribution is 0.483. The molecule has 122 valence electrons. The van der Waals surface area contributed by atoms with Crippen LogP contribution in [0.4, 0.5) is 11.4 Å². The first-order valence-corrected chi connectivity index (χ1v) is 7.90. The van der Waals surface area contributed by atoms with Crippen molar-refractivity contribution in [1.29, 1.82) is 10.5 Å². The van der Waals surface area contributed by atoms with E-state index >= 15 is 0 Å². The average molecular weight is 346 g/mol. The fraction of sp³-hybridized carbons (Fsp3) is 0.154. The minimum Gasteiger partial charge on any atom is -0.284 e. The predicted octanol–water partition coefficient (Wildman–Crippen LogP) is 1.62. The van der Waals surface area contributed by atoms with Crippen molar-refractivity contribution in [2.75, 3.05) is 0 Å². The van der Waals surface area contributed by atoms with Crippen molar-refractivity contribution < 1.29 is 13.0 Å². The molecule has 0 aliphatic heterocycles. The van der Waals surface area contributed by atoms with Crippen molar-refractivity contribution in [3.63, 3.8) is 0 Å². The van der Waals surface area contributed by atoms with Gasteiger partial charge in [-0.05, 0) is 24.3 Å². The van der Waals surface area contributed by atoms with Crippen LogP contribution < -0.4 is 5.56 Å². The van der Waals surface area contributed by atoms with Crippen molar-refractivity contribution in [2.45, 2.75) is 17.9 Å². The molecular weight excluding hydrogens is 336 g/mol. The first-order chi connectivity index (χ1) is 11.4. The standard InChI is InChI=1S/C13H10N6O4S/c14-6-1-7-19-13(20)12(11(8-15)18-19)17-16-9-2-4-10(5-3-9)24(21,22)23/h2-5,18H,1,7H2,(H,21,22,23)/b17-16+. The second-order valence-electron chi connectivity index (χ2n) is 4.48. The number of H-pyrrole nitrogens is 1. The molecule has 0 radical (unpaired) electrons. The van der Waals surface area contributed by atoms with Crippen LogP contribution in [0.15, 0.2) is 44.2 Å². The molecule has 10 nitrogen and oxygen atoms in total. The van der Waals surface area contributed by atoms with E-state index in [2.05, 4.69) is 15.3 Å². The Labute approximate surface area is 136 Å². The third-order valence-corrected chi connectivity index (χ3v) is 3.76. The van der Waals surface area contributed by atoms with Gasteiger partial charge in [0.1, 0.15) is 6.07 Å². The van der Waals surface area contributed by atoms with E-state index in [-0.39, 0.29) is 34.9 Å². The van der Waals surface area contributed by atoms with Gasteiger partial charge in [-0.2, -0.15) is 24.1 Å². The van der Waals surface area contributed by atoms with Gasteiger partial charge in [0.05, 0.1) is 29.6 Å². The van der Waals surface area contributed by atoms with E-state index in [1.807, 2.05) is 6.07 Å². The topological polar surface area (TPSA) is 164 Å². The number of aryl methyl sites for hydroxylation is 1. The third-order valence-electron chi connectivity index (χ3n) is 2.89. The van der Waals surface area contributed by atoms with Gasteiger partial charge in [0, 0.05) is 0 Å². The fourth-order valence-corrected chi connectivity index (χ4v) is 2.24. The Balaban J connectivity index is 2.32. The Morgan fingerprint density at radius 2 is 1.88 bits per heavy atom. The molecule has 0 amide bonds. The Bertz CT molecular complexity index is 1020. The molecule has 1 aromatic heterocycles. The van der Waals surface area contributed by atoms with Gasteiger partial charge in [-0.25, -0.2) is 4.68 Å². The maximum absolute atomic E-state index is 12.1. The molecule has 2 rings (SSSR count). The molecular formula is C13H10N6O4S. The minimum atomic E-state index is -4.31. The predicted molar refractivity (Wildman–Crippen MR) is 80.4 cm³/mol. The molecule has 0 bridgehead atoms. The summed E-state index contributed by atoms with van der Waals surface area (Å²) < 4.78 is 31.8. The van der Waals surface area contributed by atoms with Gasteiger partial charge < -0.3 is 0 Å². The molecule has 0 aliphatic carbocycles. The van der Waals surface area contributed by atoms with Crippen molar-refractivity contribution in [2.24, 2.45) is 10.2 Å². The molecule has 1 heterocycles. The number of hydrogen-bond acceptors (Lipinski definition) is 7. The fourth-order valence-electron chi connectivity index (χ4n) is 1.76. The first kappa shape index (κ1) is 17.1. The zero-order valence-electron chi connectivity index (χ0n) is 12.0. The summed E-state index contributed by atoms with van der Waals surface area (Å²) >= 11 is 0. The lowest BCUT2D eigenvalue weighted by Gasteiger charge is -1.96. The second-order valence-corrected chi connectivity index (χ2v) is 5.90. The summed E-state index contributed by atoms with van der Waals surface area (Å²) in [5.74, 6) is 0. The number of aromatic nitrogens is 2. The average Bonchev–Trinajstić information content (AvgIpc) is 2.86. The molecule has 0 saturated carbocycles. The van der Waals surface area contributed by atoms with Gasteiger partial charge in [-0.3, -0.25) is 14.4 Å². The second kappa shape index (κ2) is 6.87. The highest BCUT2D eigenvalue weighted by Crippen LogP contribution is 2.20. The zero-order chi connectivity index (χ0) is 17.7. The van der Waals surface area contributed by atoms with Crippen LogP contribution >= 0.6 is 0 Å². The molecule has 0 spiro atoms. The number of nitrogens with one attached hydrogen (secondary N) is 1. The lowest BCUT2D eigenvalue weighted by atomic mass is 10.3. The summed E-state index contributed by atoms with van der Waals surface area (Å²) in [6.45, 7) is 0.0859. The van der Waals surface area contributed by atoms with Gasteiger partial charge >= 0.3 is 0 Å². The van der Waals surface area contributed by atoms with Crippen LogP contribution in [-0.4, -0.2) is 22.8 Å². The Hall–Kier alpha value is -3.28. The van der Waals surface area contributed by atoms with E-state index in [4.69, 9.17) is 15.1 Å². The number of nitrogens with zero attached hydrogens (tertiary/aromatic N) is 5. The summed E-state index contributed by atoms with van der Waals surface area (Å²) in [5.41, 5.74) is -0.693. The highest BCUT2D eigenvalue weighted by Gasteiger charge is 2.13. The molecule has 0 aliphatic rings. The number of azo groups is 1. The summed E-state index contributed by atoms with van der Waals surface area (Å²) in [4.78, 5) is 11.8. The normalized spacial score (nSPS) is 11.3. The molecule has 0 atom stereocenters. The van der Waals surface area contributed by atoms with Crippen LogP contribution in [0.3, 0.4) is 0 Å². The van der Waals surface area contributed by atoms with E-state index in [1.54, 1.807) is 6.07 Å². The summed E-state index contributed by atoms with van der Waals surface area (Å²) in [7, 11) is -4.31. The molecule has 0 saturated heterocycles. The zero-order valence-corrected chi connectivity index (χ0v) is 12.9. The Kier molecular flexibility index (Phi) is 4.89. The van der Waals surface area contributed by atoms with Gasteiger partial charge in [0.25, 0.3) is 15.7 Å². The maximum Gasteiger partial charge on any atom is 0.295 e. The molecule has 0 unspecified atom stereocenters. The number of benzene rings is 1. The number of rotatable bonds is 5. The van der Waals surface area contributed by atoms with E-state index in [0.29, 0.717) is 0 Å². The SMILES string of the molecule is N#CCCn1[nH]c(C#N)c(/N=N/c2ccc(S(=O)(=O)O)cc2)c1=O. The van der Waals surface area contributed by atoms with Crippen molar-refractivity contribution in [3.8, 4) is 12.1 Å². The van der Waals surface area contributed by atoms with Gasteiger partial charge in [-0.1, -0.05) is 0 Å². The van der Waals surface area contributed by atoms with Crippen molar-refractivity contribution >= 4 is 21.5 Å². The van der Waals surface area contributed by atoms with Crippen LogP contribution in [0.25, 0.3) is 0 Å². The maximum atomic E-state index is 12.1. The largest absolute Gasteiger partial charge is 0.295 e. The summed E-state index contributed by atoms with van der Waals surface area (Å²) in [6, 6.07) is 8.45. The monoisotopic (exact) mass is 346 g/mol. The highest BCUT2D eigenvalue weighted by atomic mass is 32.2. The molecule has 1 aromatic carbocycles. The quantitative estimate of drug-likeness (QED) is 0.616. The number of hydrogen-bond donors (Lipinski definition) is 2. The summed E-state index contributed by atoms with van der Waals surface area (Å²) in [6.07, 6.45) is 0.0823. The van der Waals surface area contributed by atoms with Crippen LogP contribution in [-0.2, 0) is 16.7 Å². The van der Waals surface area contributed by atoms with E-state index in [1.165, 1.54) is 12.1 Å². The van der Waals surface area contributed by atoms with Crippen LogP contribution in [0.2, 0.25) is 0 Å².